The van der Waals surface area contributed by atoms with E-state index < -0.39 is 0 Å². The molecule has 0 aliphatic rings. The van der Waals surface area contributed by atoms with Crippen LogP contribution in [0.15, 0.2) is 12.1 Å². The van der Waals surface area contributed by atoms with Gasteiger partial charge in [0, 0.05) is 10.6 Å². The normalized spacial score (nSPS) is 10.6. The molecule has 1 N–H and O–H groups in total. The fraction of sp³-hybridized carbons (Fsp3) is 0.500. The molecule has 0 aliphatic heterocycles. The molecule has 1 aromatic rings. The molecule has 5 heteroatoms. The highest BCUT2D eigenvalue weighted by Crippen LogP contribution is 2.32. The van der Waals surface area contributed by atoms with Crippen LogP contribution in [0, 0.1) is 0 Å². The summed E-state index contributed by atoms with van der Waals surface area (Å²) in [5.41, 5.74) is 0.630. The number of ether oxygens (including phenoxy) is 1. The number of rotatable bonds is 7. The van der Waals surface area contributed by atoms with Crippen molar-refractivity contribution >= 4 is 35.0 Å². The third kappa shape index (κ3) is 4.96. The van der Waals surface area contributed by atoms with E-state index in [9.17, 15) is 5.11 Å². The van der Waals surface area contributed by atoms with Gasteiger partial charge < -0.3 is 9.84 Å². The van der Waals surface area contributed by atoms with Gasteiger partial charge in [-0.15, -0.1) is 0 Å². The van der Waals surface area contributed by atoms with Gasteiger partial charge in [-0.1, -0.05) is 30.1 Å². The molecule has 0 bridgehead atoms. The summed E-state index contributed by atoms with van der Waals surface area (Å²) in [4.78, 5) is 0. The van der Waals surface area contributed by atoms with Crippen molar-refractivity contribution < 1.29 is 9.84 Å². The van der Waals surface area contributed by atoms with Gasteiger partial charge in [-0.05, 0) is 30.1 Å². The maximum absolute atomic E-state index is 9.21. The highest BCUT2D eigenvalue weighted by molar-refractivity contribution is 7.99. The third-order valence-corrected chi connectivity index (χ3v) is 3.62. The van der Waals surface area contributed by atoms with Crippen molar-refractivity contribution in [2.45, 2.75) is 20.0 Å². The first kappa shape index (κ1) is 15.0. The summed E-state index contributed by atoms with van der Waals surface area (Å²) in [6.07, 6.45) is 0.961. The molecule has 17 heavy (non-hydrogen) atoms. The lowest BCUT2D eigenvalue weighted by atomic mass is 10.2. The van der Waals surface area contributed by atoms with E-state index in [1.807, 2.05) is 11.8 Å². The van der Waals surface area contributed by atoms with Crippen LogP contribution in [0.5, 0.6) is 5.75 Å². The molecule has 2 nitrogen and oxygen atoms in total. The summed E-state index contributed by atoms with van der Waals surface area (Å²) >= 11 is 13.8. The van der Waals surface area contributed by atoms with Crippen molar-refractivity contribution in [1.29, 1.82) is 0 Å². The predicted octanol–water partition coefficient (Wildman–Crippen LogP) is 4.01. The second-order valence-electron chi connectivity index (χ2n) is 3.43. The molecule has 0 saturated carbocycles. The van der Waals surface area contributed by atoms with Crippen LogP contribution in [0.1, 0.15) is 18.9 Å². The average Bonchev–Trinajstić information content (AvgIpc) is 2.30. The zero-order valence-corrected chi connectivity index (χ0v) is 12.0. The number of aliphatic hydroxyl groups is 1. The van der Waals surface area contributed by atoms with Crippen LogP contribution in [0.2, 0.25) is 10.0 Å². The van der Waals surface area contributed by atoms with E-state index in [4.69, 9.17) is 27.9 Å². The Hall–Kier alpha value is -0.0900. The molecular weight excluding hydrogens is 279 g/mol. The number of aliphatic hydroxyl groups excluding tert-OH is 1. The first-order valence-electron chi connectivity index (χ1n) is 5.48. The minimum Gasteiger partial charge on any atom is -0.492 e. The minimum atomic E-state index is -0.126. The lowest BCUT2D eigenvalue weighted by Gasteiger charge is -2.12. The van der Waals surface area contributed by atoms with Gasteiger partial charge in [0.1, 0.15) is 5.75 Å². The fourth-order valence-electron chi connectivity index (χ4n) is 1.37. The zero-order valence-electron chi connectivity index (χ0n) is 9.71. The second-order valence-corrected chi connectivity index (χ2v) is 5.67. The molecule has 0 heterocycles. The quantitative estimate of drug-likeness (QED) is 0.771. The van der Waals surface area contributed by atoms with Crippen molar-refractivity contribution in [3.05, 3.63) is 27.7 Å². The van der Waals surface area contributed by atoms with Crippen LogP contribution < -0.4 is 4.74 Å². The number of hydrogen-bond acceptors (Lipinski definition) is 3. The third-order valence-electron chi connectivity index (χ3n) is 2.14. The van der Waals surface area contributed by atoms with Crippen molar-refractivity contribution in [2.75, 3.05) is 18.1 Å². The van der Waals surface area contributed by atoms with Crippen LogP contribution in [0.25, 0.3) is 0 Å². The minimum absolute atomic E-state index is 0.126. The number of benzene rings is 1. The largest absolute Gasteiger partial charge is 0.492 e. The zero-order chi connectivity index (χ0) is 12.7. The second kappa shape index (κ2) is 8.09. The average molecular weight is 295 g/mol. The highest BCUT2D eigenvalue weighted by Gasteiger charge is 2.09. The molecule has 0 unspecified atom stereocenters. The van der Waals surface area contributed by atoms with Gasteiger partial charge in [-0.3, -0.25) is 0 Å². The van der Waals surface area contributed by atoms with Gasteiger partial charge >= 0.3 is 0 Å². The molecule has 0 amide bonds. The molecule has 0 aromatic heterocycles. The Balaban J connectivity index is 2.57. The number of halogens is 2. The molecule has 0 radical (unpaired) electrons. The Labute approximate surface area is 116 Å². The number of hydrogen-bond donors (Lipinski definition) is 1. The van der Waals surface area contributed by atoms with Gasteiger partial charge in [0.25, 0.3) is 0 Å². The first-order valence-corrected chi connectivity index (χ1v) is 7.39. The van der Waals surface area contributed by atoms with E-state index in [1.54, 1.807) is 12.1 Å². The molecule has 0 spiro atoms. The Kier molecular flexibility index (Phi) is 7.12. The standard InChI is InChI=1S/C12H16Cl2O2S/c1-2-17-5-3-4-16-12-9(8-15)6-10(13)7-11(12)14/h6-7,15H,2-5,8H2,1H3. The summed E-state index contributed by atoms with van der Waals surface area (Å²) < 4.78 is 5.60. The van der Waals surface area contributed by atoms with Crippen LogP contribution >= 0.6 is 35.0 Å². The smallest absolute Gasteiger partial charge is 0.143 e. The van der Waals surface area contributed by atoms with E-state index >= 15 is 0 Å². The summed E-state index contributed by atoms with van der Waals surface area (Å²) in [5.74, 6) is 2.72. The van der Waals surface area contributed by atoms with Crippen molar-refractivity contribution in [3.63, 3.8) is 0 Å². The summed E-state index contributed by atoms with van der Waals surface area (Å²) in [6, 6.07) is 3.29. The Morgan fingerprint density at radius 1 is 1.35 bits per heavy atom. The first-order chi connectivity index (χ1) is 8.19. The van der Waals surface area contributed by atoms with E-state index in [0.717, 1.165) is 17.9 Å². The molecule has 96 valence electrons. The molecule has 0 aliphatic carbocycles. The van der Waals surface area contributed by atoms with Gasteiger partial charge in [0.05, 0.1) is 18.2 Å². The Morgan fingerprint density at radius 3 is 2.76 bits per heavy atom. The van der Waals surface area contributed by atoms with Crippen molar-refractivity contribution in [1.82, 2.24) is 0 Å². The van der Waals surface area contributed by atoms with Crippen LogP contribution in [-0.4, -0.2) is 23.2 Å². The van der Waals surface area contributed by atoms with Crippen molar-refractivity contribution in [2.24, 2.45) is 0 Å². The van der Waals surface area contributed by atoms with E-state index in [1.165, 1.54) is 0 Å². The number of thioether (sulfide) groups is 1. The fourth-order valence-corrected chi connectivity index (χ4v) is 2.57. The van der Waals surface area contributed by atoms with E-state index in [-0.39, 0.29) is 6.61 Å². The van der Waals surface area contributed by atoms with E-state index in [0.29, 0.717) is 28.0 Å². The van der Waals surface area contributed by atoms with Gasteiger partial charge in [-0.2, -0.15) is 11.8 Å². The topological polar surface area (TPSA) is 29.5 Å². The van der Waals surface area contributed by atoms with Gasteiger partial charge in [0.15, 0.2) is 0 Å². The molecule has 0 saturated heterocycles. The molecule has 1 rings (SSSR count). The molecule has 1 aromatic carbocycles. The van der Waals surface area contributed by atoms with Gasteiger partial charge in [-0.25, -0.2) is 0 Å². The van der Waals surface area contributed by atoms with Crippen LogP contribution in [-0.2, 0) is 6.61 Å². The maximum Gasteiger partial charge on any atom is 0.143 e. The van der Waals surface area contributed by atoms with Crippen LogP contribution in [0.3, 0.4) is 0 Å². The van der Waals surface area contributed by atoms with Crippen LogP contribution in [0.4, 0.5) is 0 Å². The molecular formula is C12H16Cl2O2S. The SMILES string of the molecule is CCSCCCOc1c(Cl)cc(Cl)cc1CO. The van der Waals surface area contributed by atoms with Gasteiger partial charge in [0.2, 0.25) is 0 Å². The maximum atomic E-state index is 9.21. The monoisotopic (exact) mass is 294 g/mol. The van der Waals surface area contributed by atoms with E-state index in [2.05, 4.69) is 6.92 Å². The lowest BCUT2D eigenvalue weighted by Crippen LogP contribution is -2.02. The predicted molar refractivity (Wildman–Crippen MR) is 75.5 cm³/mol. The lowest BCUT2D eigenvalue weighted by molar-refractivity contribution is 0.263. The Bertz CT molecular complexity index is 359. The highest BCUT2D eigenvalue weighted by atomic mass is 35.5. The molecule has 0 atom stereocenters. The molecule has 0 fully saturated rings. The summed E-state index contributed by atoms with van der Waals surface area (Å²) in [7, 11) is 0. The summed E-state index contributed by atoms with van der Waals surface area (Å²) in [5, 5.41) is 10.2. The van der Waals surface area contributed by atoms with Crippen molar-refractivity contribution in [3.8, 4) is 5.75 Å². The summed E-state index contributed by atoms with van der Waals surface area (Å²) in [6.45, 7) is 2.60. The Morgan fingerprint density at radius 2 is 2.12 bits per heavy atom.